The van der Waals surface area contributed by atoms with Gasteiger partial charge in [0.25, 0.3) is 0 Å². The minimum atomic E-state index is -0.825. The number of ether oxygens (including phenoxy) is 2. The summed E-state index contributed by atoms with van der Waals surface area (Å²) in [6.07, 6.45) is 5.44. The van der Waals surface area contributed by atoms with Crippen LogP contribution in [-0.4, -0.2) is 17.7 Å². The number of carbonyl (C=O) groups is 1. The molecule has 23 heavy (non-hydrogen) atoms. The molecule has 0 amide bonds. The summed E-state index contributed by atoms with van der Waals surface area (Å²) in [6, 6.07) is 4.60. The molecule has 1 aromatic heterocycles. The smallest absolute Gasteiger partial charge is 0.383 e. The van der Waals surface area contributed by atoms with Gasteiger partial charge in [0.2, 0.25) is 5.75 Å². The van der Waals surface area contributed by atoms with E-state index in [-0.39, 0.29) is 34.8 Å². The predicted molar refractivity (Wildman–Crippen MR) is 85.0 cm³/mol. The number of benzene rings is 1. The van der Waals surface area contributed by atoms with Gasteiger partial charge in [-0.05, 0) is 25.0 Å². The van der Waals surface area contributed by atoms with E-state index in [0.29, 0.717) is 6.42 Å². The van der Waals surface area contributed by atoms with Crippen LogP contribution in [0.4, 0.5) is 0 Å². The Labute approximate surface area is 132 Å². The normalized spacial score (nSPS) is 11.0. The zero-order chi connectivity index (χ0) is 16.8. The van der Waals surface area contributed by atoms with Gasteiger partial charge < -0.3 is 19.0 Å². The average Bonchev–Trinajstić information content (AvgIpc) is 2.50. The molecule has 0 bridgehead atoms. The van der Waals surface area contributed by atoms with Crippen molar-refractivity contribution in [2.75, 3.05) is 6.61 Å². The summed E-state index contributed by atoms with van der Waals surface area (Å²) < 4.78 is 15.4. The van der Waals surface area contributed by atoms with Crippen molar-refractivity contribution in [1.29, 1.82) is 0 Å². The van der Waals surface area contributed by atoms with Crippen molar-refractivity contribution in [2.45, 2.75) is 26.7 Å². The summed E-state index contributed by atoms with van der Waals surface area (Å²) in [6.45, 7) is 3.49. The highest BCUT2D eigenvalue weighted by atomic mass is 16.5. The predicted octanol–water partition coefficient (Wildman–Crippen LogP) is 3.16. The second-order valence-corrected chi connectivity index (χ2v) is 4.81. The first-order chi connectivity index (χ1) is 11.0. The molecule has 122 valence electrons. The highest BCUT2D eigenvalue weighted by Crippen LogP contribution is 2.35. The van der Waals surface area contributed by atoms with Gasteiger partial charge >= 0.3 is 11.6 Å². The van der Waals surface area contributed by atoms with Gasteiger partial charge in [-0.2, -0.15) is 0 Å². The Balaban J connectivity index is 2.36. The van der Waals surface area contributed by atoms with E-state index in [9.17, 15) is 14.7 Å². The Morgan fingerprint density at radius 3 is 2.83 bits per heavy atom. The number of carbonyl (C=O) groups excluding carboxylic acids is 1. The van der Waals surface area contributed by atoms with E-state index in [1.807, 2.05) is 19.1 Å². The fourth-order valence-corrected chi connectivity index (χ4v) is 2.04. The van der Waals surface area contributed by atoms with Crippen molar-refractivity contribution in [3.63, 3.8) is 0 Å². The third-order valence-corrected chi connectivity index (χ3v) is 3.02. The summed E-state index contributed by atoms with van der Waals surface area (Å²) in [4.78, 5) is 23.1. The Hall–Kier alpha value is -2.76. The van der Waals surface area contributed by atoms with Gasteiger partial charge in [0, 0.05) is 6.92 Å². The molecule has 1 aromatic carbocycles. The molecule has 1 heterocycles. The molecule has 1 N–H and O–H groups in total. The van der Waals surface area contributed by atoms with Crippen molar-refractivity contribution in [3.05, 3.63) is 40.8 Å². The van der Waals surface area contributed by atoms with Crippen LogP contribution in [0.2, 0.25) is 0 Å². The zero-order valence-electron chi connectivity index (χ0n) is 13.0. The molecule has 0 aliphatic carbocycles. The van der Waals surface area contributed by atoms with Crippen LogP contribution >= 0.6 is 0 Å². The molecule has 0 aliphatic heterocycles. The van der Waals surface area contributed by atoms with Crippen LogP contribution in [0.1, 0.15) is 26.7 Å². The summed E-state index contributed by atoms with van der Waals surface area (Å²) in [5.74, 6) is -1.06. The van der Waals surface area contributed by atoms with Gasteiger partial charge in [-0.3, -0.25) is 4.79 Å². The maximum Gasteiger partial charge on any atom is 0.383 e. The molecule has 2 aromatic rings. The molecule has 6 heteroatoms. The summed E-state index contributed by atoms with van der Waals surface area (Å²) >= 11 is 0. The molecular formula is C17H18O6. The Morgan fingerprint density at radius 2 is 2.13 bits per heavy atom. The lowest BCUT2D eigenvalue weighted by atomic mass is 10.2. The van der Waals surface area contributed by atoms with Crippen molar-refractivity contribution >= 4 is 16.9 Å². The van der Waals surface area contributed by atoms with Crippen LogP contribution in [-0.2, 0) is 4.79 Å². The van der Waals surface area contributed by atoms with E-state index < -0.39 is 11.6 Å². The van der Waals surface area contributed by atoms with Gasteiger partial charge in [-0.15, -0.1) is 0 Å². The highest BCUT2D eigenvalue weighted by molar-refractivity contribution is 5.90. The lowest BCUT2D eigenvalue weighted by Crippen LogP contribution is -2.09. The van der Waals surface area contributed by atoms with E-state index in [1.165, 1.54) is 13.0 Å². The second kappa shape index (κ2) is 7.49. The van der Waals surface area contributed by atoms with Gasteiger partial charge in [0.1, 0.15) is 0 Å². The van der Waals surface area contributed by atoms with Crippen LogP contribution in [0.5, 0.6) is 17.2 Å². The van der Waals surface area contributed by atoms with E-state index >= 15 is 0 Å². The molecule has 0 saturated carbocycles. The molecule has 0 atom stereocenters. The third kappa shape index (κ3) is 3.91. The van der Waals surface area contributed by atoms with Crippen molar-refractivity contribution < 1.29 is 23.8 Å². The quantitative estimate of drug-likeness (QED) is 0.289. The van der Waals surface area contributed by atoms with Crippen molar-refractivity contribution in [1.82, 2.24) is 0 Å². The molecule has 0 spiro atoms. The minimum Gasteiger partial charge on any atom is -0.504 e. The summed E-state index contributed by atoms with van der Waals surface area (Å²) in [5, 5.41) is 10.5. The van der Waals surface area contributed by atoms with Gasteiger partial charge in [-0.25, -0.2) is 4.79 Å². The Morgan fingerprint density at radius 1 is 1.35 bits per heavy atom. The van der Waals surface area contributed by atoms with Gasteiger partial charge in [0.15, 0.2) is 17.1 Å². The molecule has 2 rings (SSSR count). The first-order valence-corrected chi connectivity index (χ1v) is 7.29. The lowest BCUT2D eigenvalue weighted by Gasteiger charge is -2.09. The number of hydrogen-bond acceptors (Lipinski definition) is 6. The van der Waals surface area contributed by atoms with E-state index in [4.69, 9.17) is 13.9 Å². The fourth-order valence-electron chi connectivity index (χ4n) is 2.04. The topological polar surface area (TPSA) is 86.0 Å². The van der Waals surface area contributed by atoms with E-state index in [0.717, 1.165) is 6.42 Å². The first-order valence-electron chi connectivity index (χ1n) is 7.29. The molecule has 0 saturated heterocycles. The Kier molecular flexibility index (Phi) is 5.41. The fraction of sp³-hybridized carbons (Fsp3) is 0.294. The maximum atomic E-state index is 12.0. The summed E-state index contributed by atoms with van der Waals surface area (Å²) in [5.41, 5.74) is -0.822. The number of allylic oxidation sites excluding steroid dienone is 1. The average molecular weight is 318 g/mol. The number of hydrogen-bond donors (Lipinski definition) is 1. The molecule has 0 radical (unpaired) electrons. The number of fused-ring (bicyclic) bond motifs is 1. The molecular weight excluding hydrogens is 300 g/mol. The first kappa shape index (κ1) is 16.6. The van der Waals surface area contributed by atoms with Crippen molar-refractivity contribution in [3.8, 4) is 17.2 Å². The number of esters is 1. The van der Waals surface area contributed by atoms with Crippen molar-refractivity contribution in [2.24, 2.45) is 0 Å². The molecule has 0 unspecified atom stereocenters. The number of aromatic hydroxyl groups is 1. The van der Waals surface area contributed by atoms with Crippen LogP contribution in [0, 0.1) is 0 Å². The second-order valence-electron chi connectivity index (χ2n) is 4.81. The summed E-state index contributed by atoms with van der Waals surface area (Å²) in [7, 11) is 0. The lowest BCUT2D eigenvalue weighted by molar-refractivity contribution is -0.131. The van der Waals surface area contributed by atoms with E-state index in [1.54, 1.807) is 12.1 Å². The zero-order valence-corrected chi connectivity index (χ0v) is 13.0. The SMILES string of the molecule is CC/C=C/CCOc1c(O)c2cccc(OC(C)=O)c2oc1=O. The third-order valence-electron chi connectivity index (χ3n) is 3.02. The molecule has 0 aliphatic rings. The van der Waals surface area contributed by atoms with Gasteiger partial charge in [0.05, 0.1) is 12.0 Å². The van der Waals surface area contributed by atoms with Gasteiger partial charge in [-0.1, -0.05) is 25.1 Å². The maximum absolute atomic E-state index is 12.0. The molecule has 6 nitrogen and oxygen atoms in total. The monoisotopic (exact) mass is 318 g/mol. The number of rotatable bonds is 6. The minimum absolute atomic E-state index is 0.00317. The van der Waals surface area contributed by atoms with Crippen LogP contribution < -0.4 is 15.1 Å². The number of para-hydroxylation sites is 1. The van der Waals surface area contributed by atoms with E-state index in [2.05, 4.69) is 0 Å². The Bertz CT molecular complexity index is 788. The van der Waals surface area contributed by atoms with Crippen LogP contribution in [0.25, 0.3) is 11.0 Å². The highest BCUT2D eigenvalue weighted by Gasteiger charge is 2.18. The largest absolute Gasteiger partial charge is 0.504 e. The molecule has 0 fully saturated rings. The standard InChI is InChI=1S/C17H18O6/c1-3-4-5-6-10-21-16-14(19)12-8-7-9-13(22-11(2)18)15(12)23-17(16)20/h4-5,7-9,19H,3,6,10H2,1-2H3/b5-4+. The van der Waals surface area contributed by atoms with Crippen LogP contribution in [0.3, 0.4) is 0 Å². The van der Waals surface area contributed by atoms with Crippen LogP contribution in [0.15, 0.2) is 39.6 Å².